The summed E-state index contributed by atoms with van der Waals surface area (Å²) in [7, 11) is 0. The molecule has 0 atom stereocenters. The number of ether oxygens (including phenoxy) is 2. The molecule has 29 heavy (non-hydrogen) atoms. The van der Waals surface area contributed by atoms with Gasteiger partial charge in [0.25, 0.3) is 0 Å². The van der Waals surface area contributed by atoms with Crippen LogP contribution in [-0.4, -0.2) is 68.2 Å². The predicted octanol–water partition coefficient (Wildman–Crippen LogP) is 3.04. The smallest absolute Gasteiger partial charge is 0.223 e. The fourth-order valence-corrected chi connectivity index (χ4v) is 4.56. The second-order valence-corrected chi connectivity index (χ2v) is 9.20. The molecule has 6 nitrogen and oxygen atoms in total. The zero-order valence-electron chi connectivity index (χ0n) is 19.0. The van der Waals surface area contributed by atoms with Crippen LogP contribution in [0.15, 0.2) is 0 Å². The zero-order valence-corrected chi connectivity index (χ0v) is 19.0. The quantitative estimate of drug-likeness (QED) is 0.530. The number of ketones is 1. The molecule has 2 rings (SSSR count). The molecule has 0 aromatic rings. The molecule has 1 aliphatic carbocycles. The van der Waals surface area contributed by atoms with E-state index >= 15 is 0 Å². The number of nitrogens with zero attached hydrogens (tertiary/aromatic N) is 1. The Kier molecular flexibility index (Phi) is 10.6. The number of carbonyl (C=O) groups excluding carboxylic acids is 2. The van der Waals surface area contributed by atoms with Gasteiger partial charge in [-0.3, -0.25) is 9.59 Å². The molecule has 2 aliphatic rings. The summed E-state index contributed by atoms with van der Waals surface area (Å²) >= 11 is 0. The molecule has 1 heterocycles. The predicted molar refractivity (Wildman–Crippen MR) is 115 cm³/mol. The number of amides is 1. The van der Waals surface area contributed by atoms with Gasteiger partial charge in [0.05, 0.1) is 25.9 Å². The van der Waals surface area contributed by atoms with E-state index in [9.17, 15) is 9.59 Å². The molecule has 1 N–H and O–H groups in total. The summed E-state index contributed by atoms with van der Waals surface area (Å²) in [6.07, 6.45) is 6.39. The zero-order chi connectivity index (χ0) is 21.2. The number of Topliss-reactive ketones (excluding diaryl/α,β-unsaturated/α-hetero) is 1. The second-order valence-electron chi connectivity index (χ2n) is 9.20. The van der Waals surface area contributed by atoms with E-state index < -0.39 is 0 Å². The van der Waals surface area contributed by atoms with Crippen LogP contribution in [0.4, 0.5) is 0 Å². The molecule has 0 radical (unpaired) electrons. The third-order valence-corrected chi connectivity index (χ3v) is 6.31. The molecule has 1 aliphatic heterocycles. The number of piperidine rings is 1. The monoisotopic (exact) mass is 410 g/mol. The highest BCUT2D eigenvalue weighted by Gasteiger charge is 2.33. The number of nitrogens with one attached hydrogen (secondary N) is 1. The minimum atomic E-state index is 0.120. The van der Waals surface area contributed by atoms with Crippen LogP contribution >= 0.6 is 0 Å². The van der Waals surface area contributed by atoms with Crippen molar-refractivity contribution in [2.75, 3.05) is 39.5 Å². The minimum absolute atomic E-state index is 0.120. The lowest BCUT2D eigenvalue weighted by atomic mass is 9.79. The average Bonchev–Trinajstić information content (AvgIpc) is 2.72. The van der Waals surface area contributed by atoms with Crippen molar-refractivity contribution in [3.05, 3.63) is 0 Å². The summed E-state index contributed by atoms with van der Waals surface area (Å²) < 4.78 is 10.9. The average molecular weight is 411 g/mol. The van der Waals surface area contributed by atoms with Crippen molar-refractivity contribution in [3.63, 3.8) is 0 Å². The Morgan fingerprint density at radius 2 is 1.55 bits per heavy atom. The first-order valence-corrected chi connectivity index (χ1v) is 11.6. The maximum absolute atomic E-state index is 12.4. The van der Waals surface area contributed by atoms with Crippen LogP contribution in [0.25, 0.3) is 0 Å². The van der Waals surface area contributed by atoms with Crippen molar-refractivity contribution in [2.24, 2.45) is 17.8 Å². The van der Waals surface area contributed by atoms with E-state index in [-0.39, 0.29) is 29.8 Å². The van der Waals surface area contributed by atoms with Crippen LogP contribution in [0.3, 0.4) is 0 Å². The standard InChI is InChI=1S/C23H42N2O4/c1-17(2)22(26)19-5-7-21(8-6-19)25-12-9-20(10-13-25)23(27)24-11-14-28-15-16-29-18(3)4/h17-21H,5-16H2,1-4H3,(H,24,27). The fourth-order valence-electron chi connectivity index (χ4n) is 4.56. The van der Waals surface area contributed by atoms with Crippen molar-refractivity contribution < 1.29 is 19.1 Å². The van der Waals surface area contributed by atoms with Gasteiger partial charge in [-0.1, -0.05) is 13.8 Å². The third-order valence-electron chi connectivity index (χ3n) is 6.31. The maximum Gasteiger partial charge on any atom is 0.223 e. The van der Waals surface area contributed by atoms with E-state index in [1.807, 2.05) is 27.7 Å². The number of rotatable bonds is 11. The highest BCUT2D eigenvalue weighted by atomic mass is 16.5. The van der Waals surface area contributed by atoms with Gasteiger partial charge in [-0.15, -0.1) is 0 Å². The molecular weight excluding hydrogens is 368 g/mol. The van der Waals surface area contributed by atoms with Crippen molar-refractivity contribution in [2.45, 2.75) is 78.4 Å². The first kappa shape index (κ1) is 24.3. The number of carbonyl (C=O) groups is 2. The SMILES string of the molecule is CC(C)OCCOCCNC(=O)C1CCN(C2CCC(C(=O)C(C)C)CC2)CC1. The fraction of sp³-hybridized carbons (Fsp3) is 0.913. The molecule has 168 valence electrons. The maximum atomic E-state index is 12.4. The Hall–Kier alpha value is -0.980. The summed E-state index contributed by atoms with van der Waals surface area (Å²) in [5, 5.41) is 3.01. The number of likely N-dealkylation sites (tertiary alicyclic amines) is 1. The van der Waals surface area contributed by atoms with Crippen LogP contribution in [0.2, 0.25) is 0 Å². The van der Waals surface area contributed by atoms with E-state index in [0.29, 0.717) is 38.2 Å². The Bertz CT molecular complexity index is 493. The third kappa shape index (κ3) is 8.35. The molecule has 0 aromatic carbocycles. The highest BCUT2D eigenvalue weighted by Crippen LogP contribution is 2.32. The number of hydrogen-bond donors (Lipinski definition) is 1. The van der Waals surface area contributed by atoms with Crippen LogP contribution in [0.1, 0.15) is 66.2 Å². The molecule has 0 bridgehead atoms. The summed E-state index contributed by atoms with van der Waals surface area (Å²) in [5.74, 6) is 1.15. The first-order chi connectivity index (χ1) is 13.9. The highest BCUT2D eigenvalue weighted by molar-refractivity contribution is 5.82. The summed E-state index contributed by atoms with van der Waals surface area (Å²) in [6.45, 7) is 12.3. The summed E-state index contributed by atoms with van der Waals surface area (Å²) in [6, 6.07) is 0.594. The van der Waals surface area contributed by atoms with Gasteiger partial charge in [0.15, 0.2) is 0 Å². The second kappa shape index (κ2) is 12.7. The van der Waals surface area contributed by atoms with Crippen LogP contribution < -0.4 is 5.32 Å². The molecule has 1 saturated carbocycles. The lowest BCUT2D eigenvalue weighted by Crippen LogP contribution is -2.46. The van der Waals surface area contributed by atoms with Gasteiger partial charge >= 0.3 is 0 Å². The van der Waals surface area contributed by atoms with Crippen molar-refractivity contribution >= 4 is 11.7 Å². The van der Waals surface area contributed by atoms with E-state index in [1.54, 1.807) is 0 Å². The van der Waals surface area contributed by atoms with Gasteiger partial charge < -0.3 is 19.7 Å². The van der Waals surface area contributed by atoms with Gasteiger partial charge in [-0.05, 0) is 65.5 Å². The van der Waals surface area contributed by atoms with E-state index in [4.69, 9.17) is 9.47 Å². The molecular formula is C23H42N2O4. The lowest BCUT2D eigenvalue weighted by molar-refractivity contribution is -0.128. The number of hydrogen-bond acceptors (Lipinski definition) is 5. The molecule has 0 aromatic heterocycles. The molecule has 0 unspecified atom stereocenters. The van der Waals surface area contributed by atoms with E-state index in [2.05, 4.69) is 10.2 Å². The largest absolute Gasteiger partial charge is 0.377 e. The van der Waals surface area contributed by atoms with Crippen molar-refractivity contribution in [3.8, 4) is 0 Å². The minimum Gasteiger partial charge on any atom is -0.377 e. The van der Waals surface area contributed by atoms with E-state index in [0.717, 1.165) is 51.6 Å². The first-order valence-electron chi connectivity index (χ1n) is 11.6. The molecule has 0 spiro atoms. The van der Waals surface area contributed by atoms with Gasteiger partial charge in [-0.2, -0.15) is 0 Å². The van der Waals surface area contributed by atoms with E-state index in [1.165, 1.54) is 0 Å². The van der Waals surface area contributed by atoms with Crippen LogP contribution in [-0.2, 0) is 19.1 Å². The van der Waals surface area contributed by atoms with Gasteiger partial charge in [0.1, 0.15) is 5.78 Å². The molecule has 1 saturated heterocycles. The Balaban J connectivity index is 1.57. The molecule has 6 heteroatoms. The summed E-state index contributed by atoms with van der Waals surface area (Å²) in [5.41, 5.74) is 0. The van der Waals surface area contributed by atoms with Gasteiger partial charge in [-0.25, -0.2) is 0 Å². The Morgan fingerprint density at radius 3 is 2.14 bits per heavy atom. The Labute approximate surface area is 177 Å². The van der Waals surface area contributed by atoms with Crippen molar-refractivity contribution in [1.82, 2.24) is 10.2 Å². The summed E-state index contributed by atoms with van der Waals surface area (Å²) in [4.78, 5) is 27.2. The normalized spacial score (nSPS) is 24.2. The van der Waals surface area contributed by atoms with Crippen LogP contribution in [0, 0.1) is 17.8 Å². The van der Waals surface area contributed by atoms with Crippen molar-refractivity contribution in [1.29, 1.82) is 0 Å². The topological polar surface area (TPSA) is 67.9 Å². The van der Waals surface area contributed by atoms with Gasteiger partial charge in [0.2, 0.25) is 5.91 Å². The van der Waals surface area contributed by atoms with Crippen LogP contribution in [0.5, 0.6) is 0 Å². The van der Waals surface area contributed by atoms with Gasteiger partial charge in [0, 0.05) is 30.3 Å². The molecule has 2 fully saturated rings. The molecule has 1 amide bonds. The Morgan fingerprint density at radius 1 is 0.897 bits per heavy atom. The lowest BCUT2D eigenvalue weighted by Gasteiger charge is -2.40.